The molecule has 3 heteroatoms. The molecule has 1 aromatic rings. The number of benzene rings is 1. The number of nitrogens with two attached hydrogens (primary N) is 1. The van der Waals surface area contributed by atoms with Gasteiger partial charge in [0, 0.05) is 12.5 Å². The fraction of sp³-hybridized carbons (Fsp3) is 0.571. The van der Waals surface area contributed by atoms with Crippen molar-refractivity contribution in [2.75, 3.05) is 13.2 Å². The first-order chi connectivity index (χ1) is 8.33. The maximum absolute atomic E-state index is 6.14. The molecule has 2 aliphatic rings. The van der Waals surface area contributed by atoms with Crippen molar-refractivity contribution in [1.82, 2.24) is 0 Å². The van der Waals surface area contributed by atoms with Crippen molar-refractivity contribution in [2.45, 2.75) is 37.8 Å². The van der Waals surface area contributed by atoms with E-state index in [9.17, 15) is 0 Å². The van der Waals surface area contributed by atoms with Gasteiger partial charge in [-0.05, 0) is 42.5 Å². The molecule has 17 heavy (non-hydrogen) atoms. The van der Waals surface area contributed by atoms with E-state index in [1.807, 2.05) is 0 Å². The average Bonchev–Trinajstić information content (AvgIpc) is 2.83. The van der Waals surface area contributed by atoms with Gasteiger partial charge < -0.3 is 15.2 Å². The van der Waals surface area contributed by atoms with Crippen molar-refractivity contribution < 1.29 is 9.47 Å². The Labute approximate surface area is 102 Å². The second kappa shape index (κ2) is 4.67. The summed E-state index contributed by atoms with van der Waals surface area (Å²) in [5, 5.41) is 0. The third-order valence-electron chi connectivity index (χ3n) is 3.67. The van der Waals surface area contributed by atoms with Crippen molar-refractivity contribution in [3.8, 4) is 5.75 Å². The van der Waals surface area contributed by atoms with Crippen LogP contribution in [0.4, 0.5) is 0 Å². The molecule has 1 fully saturated rings. The van der Waals surface area contributed by atoms with E-state index in [4.69, 9.17) is 15.2 Å². The zero-order valence-electron chi connectivity index (χ0n) is 10.0. The number of hydrogen-bond acceptors (Lipinski definition) is 3. The molecule has 2 atom stereocenters. The quantitative estimate of drug-likeness (QED) is 0.851. The molecule has 2 N–H and O–H groups in total. The lowest BCUT2D eigenvalue weighted by Gasteiger charge is -2.23. The molecule has 1 aliphatic heterocycles. The minimum Gasteiger partial charge on any atom is -0.488 e. The number of hydrogen-bond donors (Lipinski definition) is 1. The Morgan fingerprint density at radius 3 is 3.06 bits per heavy atom. The van der Waals surface area contributed by atoms with E-state index in [-0.39, 0.29) is 12.1 Å². The van der Waals surface area contributed by atoms with Crippen molar-refractivity contribution >= 4 is 0 Å². The van der Waals surface area contributed by atoms with Crippen LogP contribution < -0.4 is 10.5 Å². The molecule has 0 spiro atoms. The fourth-order valence-electron chi connectivity index (χ4n) is 2.69. The molecule has 1 saturated heterocycles. The summed E-state index contributed by atoms with van der Waals surface area (Å²) in [7, 11) is 0. The third kappa shape index (κ3) is 2.31. The Balaban J connectivity index is 1.79. The summed E-state index contributed by atoms with van der Waals surface area (Å²) in [5.74, 6) is 0.941. The molecule has 1 heterocycles. The first-order valence-corrected chi connectivity index (χ1v) is 6.46. The average molecular weight is 233 g/mol. The van der Waals surface area contributed by atoms with Gasteiger partial charge in [0.2, 0.25) is 0 Å². The van der Waals surface area contributed by atoms with Crippen LogP contribution in [0.15, 0.2) is 18.2 Å². The Kier molecular flexibility index (Phi) is 3.04. The highest BCUT2D eigenvalue weighted by Gasteiger charge is 2.20. The number of aryl methyl sites for hydroxylation is 1. The van der Waals surface area contributed by atoms with Gasteiger partial charge in [-0.1, -0.05) is 6.07 Å². The van der Waals surface area contributed by atoms with Crippen molar-refractivity contribution in [3.05, 3.63) is 29.3 Å². The molecule has 1 aromatic carbocycles. The molecular weight excluding hydrogens is 214 g/mol. The van der Waals surface area contributed by atoms with E-state index in [0.29, 0.717) is 6.61 Å². The lowest BCUT2D eigenvalue weighted by Crippen LogP contribution is -2.19. The smallest absolute Gasteiger partial charge is 0.124 e. The first kappa shape index (κ1) is 11.1. The maximum atomic E-state index is 6.14. The van der Waals surface area contributed by atoms with Crippen molar-refractivity contribution in [1.29, 1.82) is 0 Å². The Morgan fingerprint density at radius 1 is 1.29 bits per heavy atom. The summed E-state index contributed by atoms with van der Waals surface area (Å²) in [6, 6.07) is 6.54. The van der Waals surface area contributed by atoms with Crippen LogP contribution in [0.3, 0.4) is 0 Å². The SMILES string of the molecule is N[C@@H]1CCCc2ccc(OC3CCOC3)cc21. The van der Waals surface area contributed by atoms with Crippen molar-refractivity contribution in [2.24, 2.45) is 5.73 Å². The highest BCUT2D eigenvalue weighted by molar-refractivity contribution is 5.39. The second-order valence-electron chi connectivity index (χ2n) is 4.96. The van der Waals surface area contributed by atoms with Crippen LogP contribution in [-0.4, -0.2) is 19.3 Å². The number of fused-ring (bicyclic) bond motifs is 1. The lowest BCUT2D eigenvalue weighted by molar-refractivity contribution is 0.141. The summed E-state index contributed by atoms with van der Waals surface area (Å²) in [6.07, 6.45) is 4.64. The van der Waals surface area contributed by atoms with Gasteiger partial charge in [-0.3, -0.25) is 0 Å². The molecule has 1 unspecified atom stereocenters. The Hall–Kier alpha value is -1.06. The molecule has 0 radical (unpaired) electrons. The van der Waals surface area contributed by atoms with E-state index in [0.717, 1.165) is 31.6 Å². The normalized spacial score (nSPS) is 27.8. The Morgan fingerprint density at radius 2 is 2.24 bits per heavy atom. The highest BCUT2D eigenvalue weighted by Crippen LogP contribution is 2.31. The van der Waals surface area contributed by atoms with Crippen LogP contribution in [0, 0.1) is 0 Å². The molecule has 1 aliphatic carbocycles. The summed E-state index contributed by atoms with van der Waals surface area (Å²) in [6.45, 7) is 1.53. The molecule has 92 valence electrons. The molecule has 0 bridgehead atoms. The summed E-state index contributed by atoms with van der Waals surface area (Å²) in [4.78, 5) is 0. The zero-order valence-corrected chi connectivity index (χ0v) is 10.0. The monoisotopic (exact) mass is 233 g/mol. The van der Waals surface area contributed by atoms with Crippen molar-refractivity contribution in [3.63, 3.8) is 0 Å². The number of ether oxygens (including phenoxy) is 2. The van der Waals surface area contributed by atoms with Gasteiger partial charge >= 0.3 is 0 Å². The van der Waals surface area contributed by atoms with Gasteiger partial charge in [-0.2, -0.15) is 0 Å². The molecule has 0 aromatic heterocycles. The van der Waals surface area contributed by atoms with Gasteiger partial charge in [0.05, 0.1) is 13.2 Å². The van der Waals surface area contributed by atoms with Crippen LogP contribution in [0.5, 0.6) is 5.75 Å². The zero-order chi connectivity index (χ0) is 11.7. The predicted molar refractivity (Wildman–Crippen MR) is 66.2 cm³/mol. The van der Waals surface area contributed by atoms with E-state index >= 15 is 0 Å². The molecule has 3 rings (SSSR count). The lowest BCUT2D eigenvalue weighted by atomic mass is 9.88. The minimum atomic E-state index is 0.183. The molecular formula is C14H19NO2. The van der Waals surface area contributed by atoms with E-state index < -0.39 is 0 Å². The summed E-state index contributed by atoms with van der Waals surface area (Å²) >= 11 is 0. The molecule has 0 saturated carbocycles. The largest absolute Gasteiger partial charge is 0.488 e. The summed E-state index contributed by atoms with van der Waals surface area (Å²) in [5.41, 5.74) is 8.80. The van der Waals surface area contributed by atoms with Crippen LogP contribution in [-0.2, 0) is 11.2 Å². The van der Waals surface area contributed by atoms with Crippen LogP contribution in [0.2, 0.25) is 0 Å². The van der Waals surface area contributed by atoms with Gasteiger partial charge in [-0.15, -0.1) is 0 Å². The first-order valence-electron chi connectivity index (χ1n) is 6.46. The predicted octanol–water partition coefficient (Wildman–Crippen LogP) is 2.19. The summed E-state index contributed by atoms with van der Waals surface area (Å²) < 4.78 is 11.2. The van der Waals surface area contributed by atoms with Crippen LogP contribution in [0.25, 0.3) is 0 Å². The molecule has 0 amide bonds. The van der Waals surface area contributed by atoms with Crippen LogP contribution >= 0.6 is 0 Å². The van der Waals surface area contributed by atoms with E-state index in [1.165, 1.54) is 17.5 Å². The van der Waals surface area contributed by atoms with E-state index in [1.54, 1.807) is 0 Å². The van der Waals surface area contributed by atoms with Gasteiger partial charge in [0.15, 0.2) is 0 Å². The topological polar surface area (TPSA) is 44.5 Å². The van der Waals surface area contributed by atoms with Gasteiger partial charge in [0.25, 0.3) is 0 Å². The van der Waals surface area contributed by atoms with Gasteiger partial charge in [0.1, 0.15) is 11.9 Å². The van der Waals surface area contributed by atoms with E-state index in [2.05, 4.69) is 18.2 Å². The highest BCUT2D eigenvalue weighted by atomic mass is 16.5. The maximum Gasteiger partial charge on any atom is 0.124 e. The second-order valence-corrected chi connectivity index (χ2v) is 4.96. The molecule has 3 nitrogen and oxygen atoms in total. The standard InChI is InChI=1S/C14H19NO2/c15-14-3-1-2-10-4-5-11(8-13(10)14)17-12-6-7-16-9-12/h4-5,8,12,14H,1-3,6-7,9,15H2/t12?,14-/m1/s1. The number of rotatable bonds is 2. The Bertz CT molecular complexity index is 399. The fourth-order valence-corrected chi connectivity index (χ4v) is 2.69. The minimum absolute atomic E-state index is 0.183. The van der Waals surface area contributed by atoms with Crippen LogP contribution in [0.1, 0.15) is 36.4 Å². The third-order valence-corrected chi connectivity index (χ3v) is 3.67. The van der Waals surface area contributed by atoms with Gasteiger partial charge in [-0.25, -0.2) is 0 Å².